The van der Waals surface area contributed by atoms with Crippen molar-refractivity contribution in [2.75, 3.05) is 6.54 Å². The van der Waals surface area contributed by atoms with Gasteiger partial charge < -0.3 is 10.1 Å². The maximum atomic E-state index is 13.1. The standard InChI is InChI=1S/C22H20N4O3/c1-4-24-20(27)16(13-23)12-18-21(29-17-9-7-14(2)8-10-17)25-19-15(3)6-5-11-26(19)22(18)28/h5-12H,4H2,1-3H3,(H,24,27). The van der Waals surface area contributed by atoms with Crippen LogP contribution in [0.3, 0.4) is 0 Å². The number of rotatable bonds is 5. The molecule has 2 aromatic heterocycles. The number of nitrogens with one attached hydrogen (secondary N) is 1. The van der Waals surface area contributed by atoms with Crippen LogP contribution >= 0.6 is 0 Å². The zero-order chi connectivity index (χ0) is 21.0. The molecule has 146 valence electrons. The van der Waals surface area contributed by atoms with Crippen molar-refractivity contribution in [3.05, 3.63) is 75.2 Å². The van der Waals surface area contributed by atoms with Crippen LogP contribution in [0.25, 0.3) is 11.7 Å². The number of carbonyl (C=O) groups is 1. The fourth-order valence-electron chi connectivity index (χ4n) is 2.76. The Morgan fingerprint density at radius 1 is 1.28 bits per heavy atom. The van der Waals surface area contributed by atoms with E-state index in [1.165, 1.54) is 10.5 Å². The zero-order valence-corrected chi connectivity index (χ0v) is 16.4. The fourth-order valence-corrected chi connectivity index (χ4v) is 2.76. The molecule has 3 aromatic rings. The number of hydrogen-bond acceptors (Lipinski definition) is 5. The second-order valence-electron chi connectivity index (χ2n) is 6.46. The largest absolute Gasteiger partial charge is 0.438 e. The third-order valence-electron chi connectivity index (χ3n) is 4.28. The first-order valence-corrected chi connectivity index (χ1v) is 9.11. The number of amides is 1. The van der Waals surface area contributed by atoms with Crippen LogP contribution in [0, 0.1) is 25.2 Å². The van der Waals surface area contributed by atoms with Gasteiger partial charge in [0.25, 0.3) is 11.5 Å². The summed E-state index contributed by atoms with van der Waals surface area (Å²) in [6.07, 6.45) is 2.81. The Hall–Kier alpha value is -3.92. The number of ether oxygens (including phenoxy) is 1. The summed E-state index contributed by atoms with van der Waals surface area (Å²) >= 11 is 0. The highest BCUT2D eigenvalue weighted by atomic mass is 16.5. The van der Waals surface area contributed by atoms with E-state index < -0.39 is 11.5 Å². The van der Waals surface area contributed by atoms with Crippen LogP contribution < -0.4 is 15.6 Å². The predicted octanol–water partition coefficient (Wildman–Crippen LogP) is 3.15. The first-order valence-electron chi connectivity index (χ1n) is 9.11. The van der Waals surface area contributed by atoms with Gasteiger partial charge in [-0.2, -0.15) is 10.2 Å². The Labute approximate surface area is 167 Å². The number of pyridine rings is 1. The highest BCUT2D eigenvalue weighted by Crippen LogP contribution is 2.25. The van der Waals surface area contributed by atoms with E-state index in [-0.39, 0.29) is 17.0 Å². The van der Waals surface area contributed by atoms with E-state index in [2.05, 4.69) is 10.3 Å². The van der Waals surface area contributed by atoms with Crippen molar-refractivity contribution in [3.8, 4) is 17.7 Å². The van der Waals surface area contributed by atoms with Crippen molar-refractivity contribution in [2.45, 2.75) is 20.8 Å². The molecule has 1 amide bonds. The number of carbonyl (C=O) groups excluding carboxylic acids is 1. The average Bonchev–Trinajstić information content (AvgIpc) is 2.70. The van der Waals surface area contributed by atoms with E-state index in [0.717, 1.165) is 11.1 Å². The van der Waals surface area contributed by atoms with Crippen LogP contribution in [-0.4, -0.2) is 21.8 Å². The summed E-state index contributed by atoms with van der Waals surface area (Å²) in [6.45, 7) is 5.89. The van der Waals surface area contributed by atoms with E-state index in [4.69, 9.17) is 4.74 Å². The van der Waals surface area contributed by atoms with E-state index in [1.807, 2.05) is 38.1 Å². The van der Waals surface area contributed by atoms with Gasteiger partial charge in [0.15, 0.2) is 0 Å². The molecule has 29 heavy (non-hydrogen) atoms. The van der Waals surface area contributed by atoms with Gasteiger partial charge in [-0.3, -0.25) is 14.0 Å². The van der Waals surface area contributed by atoms with Gasteiger partial charge in [-0.1, -0.05) is 23.8 Å². The van der Waals surface area contributed by atoms with Crippen molar-refractivity contribution < 1.29 is 9.53 Å². The maximum Gasteiger partial charge on any atom is 0.269 e. The maximum absolute atomic E-state index is 13.1. The molecule has 1 N–H and O–H groups in total. The molecular formula is C22H20N4O3. The monoisotopic (exact) mass is 388 g/mol. The normalized spacial score (nSPS) is 11.2. The molecule has 0 bridgehead atoms. The molecule has 0 aliphatic heterocycles. The number of likely N-dealkylation sites (N-methyl/N-ethyl adjacent to an activating group) is 1. The number of aromatic nitrogens is 2. The SMILES string of the molecule is CCNC(=O)C(C#N)=Cc1c(Oc2ccc(C)cc2)nc2c(C)cccn2c1=O. The van der Waals surface area contributed by atoms with Crippen LogP contribution in [0.15, 0.2) is 53.0 Å². The van der Waals surface area contributed by atoms with E-state index in [9.17, 15) is 14.9 Å². The van der Waals surface area contributed by atoms with Gasteiger partial charge in [-0.05, 0) is 50.6 Å². The van der Waals surface area contributed by atoms with Gasteiger partial charge in [0.2, 0.25) is 5.88 Å². The predicted molar refractivity (Wildman–Crippen MR) is 110 cm³/mol. The lowest BCUT2D eigenvalue weighted by atomic mass is 10.1. The zero-order valence-electron chi connectivity index (χ0n) is 16.4. The lowest BCUT2D eigenvalue weighted by molar-refractivity contribution is -0.116. The molecule has 1 aromatic carbocycles. The second-order valence-corrected chi connectivity index (χ2v) is 6.46. The molecule has 7 nitrogen and oxygen atoms in total. The van der Waals surface area contributed by atoms with Crippen molar-refractivity contribution in [2.24, 2.45) is 0 Å². The summed E-state index contributed by atoms with van der Waals surface area (Å²) < 4.78 is 7.25. The number of benzene rings is 1. The van der Waals surface area contributed by atoms with Crippen LogP contribution in [0.4, 0.5) is 0 Å². The molecule has 7 heteroatoms. The Kier molecular flexibility index (Phi) is 5.74. The molecule has 0 spiro atoms. The molecule has 0 aliphatic carbocycles. The highest BCUT2D eigenvalue weighted by Gasteiger charge is 2.17. The summed E-state index contributed by atoms with van der Waals surface area (Å²) in [6, 6.07) is 12.7. The molecular weight excluding hydrogens is 368 g/mol. The smallest absolute Gasteiger partial charge is 0.269 e. The molecule has 3 rings (SSSR count). The third kappa shape index (κ3) is 4.17. The van der Waals surface area contributed by atoms with Gasteiger partial charge in [0.1, 0.15) is 28.6 Å². The van der Waals surface area contributed by atoms with Gasteiger partial charge in [-0.15, -0.1) is 0 Å². The van der Waals surface area contributed by atoms with Crippen molar-refractivity contribution in [1.82, 2.24) is 14.7 Å². The number of nitriles is 1. The molecule has 0 saturated heterocycles. The number of aryl methyl sites for hydroxylation is 2. The van der Waals surface area contributed by atoms with Crippen molar-refractivity contribution in [1.29, 1.82) is 5.26 Å². The molecule has 0 atom stereocenters. The molecule has 0 radical (unpaired) electrons. The molecule has 0 saturated carbocycles. The topological polar surface area (TPSA) is 96.5 Å². The fraction of sp³-hybridized carbons (Fsp3) is 0.182. The summed E-state index contributed by atoms with van der Waals surface area (Å²) in [4.78, 5) is 29.8. The van der Waals surface area contributed by atoms with Crippen LogP contribution in [0.1, 0.15) is 23.6 Å². The Bertz CT molecular complexity index is 1200. The van der Waals surface area contributed by atoms with Crippen LogP contribution in [-0.2, 0) is 4.79 Å². The molecule has 2 heterocycles. The van der Waals surface area contributed by atoms with E-state index in [1.54, 1.807) is 31.3 Å². The minimum Gasteiger partial charge on any atom is -0.438 e. The molecule has 0 fully saturated rings. The highest BCUT2D eigenvalue weighted by molar-refractivity contribution is 6.01. The average molecular weight is 388 g/mol. The number of hydrogen-bond donors (Lipinski definition) is 1. The van der Waals surface area contributed by atoms with Crippen LogP contribution in [0.2, 0.25) is 0 Å². The summed E-state index contributed by atoms with van der Waals surface area (Å²) in [5.41, 5.74) is 1.68. The molecule has 0 aliphatic rings. The lowest BCUT2D eigenvalue weighted by Crippen LogP contribution is -2.25. The van der Waals surface area contributed by atoms with E-state index in [0.29, 0.717) is 17.9 Å². The minimum absolute atomic E-state index is 0.0245. The van der Waals surface area contributed by atoms with Gasteiger partial charge in [0, 0.05) is 12.7 Å². The van der Waals surface area contributed by atoms with Gasteiger partial charge in [-0.25, -0.2) is 0 Å². The van der Waals surface area contributed by atoms with Crippen molar-refractivity contribution in [3.63, 3.8) is 0 Å². The Morgan fingerprint density at radius 2 is 2.00 bits per heavy atom. The first-order chi connectivity index (χ1) is 13.9. The Balaban J connectivity index is 2.24. The van der Waals surface area contributed by atoms with Crippen LogP contribution in [0.5, 0.6) is 11.6 Å². The number of fused-ring (bicyclic) bond motifs is 1. The quantitative estimate of drug-likeness (QED) is 0.535. The van der Waals surface area contributed by atoms with Crippen molar-refractivity contribution >= 4 is 17.6 Å². The molecule has 0 unspecified atom stereocenters. The second kappa shape index (κ2) is 8.40. The third-order valence-corrected chi connectivity index (χ3v) is 4.28. The summed E-state index contributed by atoms with van der Waals surface area (Å²) in [5, 5.41) is 12.0. The Morgan fingerprint density at radius 3 is 2.66 bits per heavy atom. The minimum atomic E-state index is -0.565. The first kappa shape index (κ1) is 19.8. The van der Waals surface area contributed by atoms with Gasteiger partial charge in [0.05, 0.1) is 0 Å². The lowest BCUT2D eigenvalue weighted by Gasteiger charge is -2.11. The van der Waals surface area contributed by atoms with E-state index >= 15 is 0 Å². The van der Waals surface area contributed by atoms with Gasteiger partial charge >= 0.3 is 0 Å². The summed E-state index contributed by atoms with van der Waals surface area (Å²) in [5.74, 6) is -0.0400. The summed E-state index contributed by atoms with van der Waals surface area (Å²) in [7, 11) is 0. The number of nitrogens with zero attached hydrogens (tertiary/aromatic N) is 3.